The third-order valence-corrected chi connectivity index (χ3v) is 4.52. The Morgan fingerprint density at radius 2 is 1.84 bits per heavy atom. The van der Waals surface area contributed by atoms with E-state index in [1.165, 1.54) is 18.2 Å². The van der Waals surface area contributed by atoms with Gasteiger partial charge in [0.05, 0.1) is 11.6 Å². The molecule has 2 amide bonds. The van der Waals surface area contributed by atoms with Crippen LogP contribution in [0, 0.1) is 0 Å². The molecule has 0 aliphatic rings. The summed E-state index contributed by atoms with van der Waals surface area (Å²) in [5.74, 6) is -0.685. The Morgan fingerprint density at radius 1 is 1.03 bits per heavy atom. The van der Waals surface area contributed by atoms with Gasteiger partial charge in [-0.1, -0.05) is 30.1 Å². The minimum atomic E-state index is -0.851. The van der Waals surface area contributed by atoms with Crippen molar-refractivity contribution in [3.8, 4) is 11.5 Å². The lowest BCUT2D eigenvalue weighted by atomic mass is 10.1. The molecule has 10 heteroatoms. The zero-order valence-corrected chi connectivity index (χ0v) is 17.9. The molecule has 3 rings (SSSR count). The van der Waals surface area contributed by atoms with E-state index >= 15 is 0 Å². The zero-order chi connectivity index (χ0) is 22.4. The van der Waals surface area contributed by atoms with Crippen LogP contribution in [-0.4, -0.2) is 25.0 Å². The summed E-state index contributed by atoms with van der Waals surface area (Å²) in [6.07, 6.45) is 0.838. The number of hydrazine groups is 1. The lowest BCUT2D eigenvalue weighted by Gasteiger charge is -2.10. The average Bonchev–Trinajstić information content (AvgIpc) is 2.74. The Balaban J connectivity index is 1.61. The van der Waals surface area contributed by atoms with Crippen LogP contribution in [0.25, 0.3) is 11.0 Å². The van der Waals surface area contributed by atoms with E-state index in [0.717, 1.165) is 6.42 Å². The number of hydrogen-bond acceptors (Lipinski definition) is 6. The van der Waals surface area contributed by atoms with E-state index in [0.29, 0.717) is 22.8 Å². The summed E-state index contributed by atoms with van der Waals surface area (Å²) >= 11 is 11.7. The van der Waals surface area contributed by atoms with Crippen LogP contribution >= 0.6 is 23.2 Å². The predicted octanol–water partition coefficient (Wildman–Crippen LogP) is 3.73. The molecule has 0 bridgehead atoms. The highest BCUT2D eigenvalue weighted by Gasteiger charge is 2.15. The number of carbonyl (C=O) groups is 2. The molecule has 0 fully saturated rings. The van der Waals surface area contributed by atoms with E-state index < -0.39 is 24.0 Å². The second-order valence-electron chi connectivity index (χ2n) is 6.36. The van der Waals surface area contributed by atoms with Crippen molar-refractivity contribution >= 4 is 46.0 Å². The molecule has 0 unspecified atom stereocenters. The van der Waals surface area contributed by atoms with Gasteiger partial charge >= 0.3 is 5.63 Å². The van der Waals surface area contributed by atoms with Crippen LogP contribution < -0.4 is 26.0 Å². The van der Waals surface area contributed by atoms with Gasteiger partial charge in [0.2, 0.25) is 0 Å². The second-order valence-corrected chi connectivity index (χ2v) is 7.20. The predicted molar refractivity (Wildman–Crippen MR) is 116 cm³/mol. The van der Waals surface area contributed by atoms with Crippen molar-refractivity contribution in [3.05, 3.63) is 68.5 Å². The van der Waals surface area contributed by atoms with Crippen molar-refractivity contribution in [1.82, 2.24) is 10.9 Å². The molecule has 8 nitrogen and oxygen atoms in total. The van der Waals surface area contributed by atoms with Crippen molar-refractivity contribution in [3.63, 3.8) is 0 Å². The number of fused-ring (bicyclic) bond motifs is 1. The highest BCUT2D eigenvalue weighted by atomic mass is 35.5. The minimum Gasteiger partial charge on any atom is -0.493 e. The molecule has 1 aromatic heterocycles. The molecule has 0 atom stereocenters. The fourth-order valence-corrected chi connectivity index (χ4v) is 2.99. The zero-order valence-electron chi connectivity index (χ0n) is 16.4. The molecule has 0 spiro atoms. The molecule has 2 N–H and O–H groups in total. The maximum absolute atomic E-state index is 12.3. The van der Waals surface area contributed by atoms with Crippen LogP contribution in [0.2, 0.25) is 10.0 Å². The van der Waals surface area contributed by atoms with E-state index in [1.807, 2.05) is 6.92 Å². The van der Waals surface area contributed by atoms with Gasteiger partial charge in [0.1, 0.15) is 22.6 Å². The number of halogens is 2. The standard InChI is InChI=1S/C21H18Cl2N2O6/c1-2-7-29-14-5-3-12-8-15(21(28)31-18(12)10-14)20(27)25-24-19(26)11-30-17-6-4-13(22)9-16(17)23/h3-6,8-10H,2,7,11H2,1H3,(H,24,26)(H,25,27). The van der Waals surface area contributed by atoms with Crippen molar-refractivity contribution in [2.24, 2.45) is 0 Å². The van der Waals surface area contributed by atoms with Crippen molar-refractivity contribution < 1.29 is 23.5 Å². The van der Waals surface area contributed by atoms with Gasteiger partial charge in [0, 0.05) is 16.5 Å². The van der Waals surface area contributed by atoms with Gasteiger partial charge in [-0.25, -0.2) is 4.79 Å². The molecule has 0 radical (unpaired) electrons. The average molecular weight is 465 g/mol. The molecule has 3 aromatic rings. The maximum Gasteiger partial charge on any atom is 0.349 e. The summed E-state index contributed by atoms with van der Waals surface area (Å²) < 4.78 is 16.0. The second kappa shape index (κ2) is 10.2. The Kier molecular flexibility index (Phi) is 7.38. The molecular weight excluding hydrogens is 447 g/mol. The SMILES string of the molecule is CCCOc1ccc2cc(C(=O)NNC(=O)COc3ccc(Cl)cc3Cl)c(=O)oc2c1. The number of rotatable bonds is 7. The van der Waals surface area contributed by atoms with Gasteiger partial charge in [0.25, 0.3) is 11.8 Å². The minimum absolute atomic E-state index is 0.237. The first kappa shape index (κ1) is 22.5. The molecule has 31 heavy (non-hydrogen) atoms. The van der Waals surface area contributed by atoms with Crippen LogP contribution in [0.5, 0.6) is 11.5 Å². The van der Waals surface area contributed by atoms with Crippen molar-refractivity contribution in [2.45, 2.75) is 13.3 Å². The van der Waals surface area contributed by atoms with E-state index in [2.05, 4.69) is 10.9 Å². The Labute approximate surface area is 187 Å². The third-order valence-electron chi connectivity index (χ3n) is 3.99. The lowest BCUT2D eigenvalue weighted by molar-refractivity contribution is -0.123. The molecule has 2 aromatic carbocycles. The van der Waals surface area contributed by atoms with Crippen LogP contribution in [0.1, 0.15) is 23.7 Å². The van der Waals surface area contributed by atoms with E-state index in [4.69, 9.17) is 37.1 Å². The van der Waals surface area contributed by atoms with E-state index in [-0.39, 0.29) is 21.9 Å². The number of amides is 2. The summed E-state index contributed by atoms with van der Waals surface area (Å²) in [7, 11) is 0. The van der Waals surface area contributed by atoms with Gasteiger partial charge in [-0.05, 0) is 42.8 Å². The summed E-state index contributed by atoms with van der Waals surface area (Å²) in [6, 6.07) is 10.9. The molecule has 1 heterocycles. The molecule has 0 aliphatic carbocycles. The van der Waals surface area contributed by atoms with Crippen LogP contribution in [0.3, 0.4) is 0 Å². The third kappa shape index (κ3) is 5.90. The number of benzene rings is 2. The normalized spacial score (nSPS) is 10.5. The Bertz CT molecular complexity index is 1180. The molecule has 162 valence electrons. The largest absolute Gasteiger partial charge is 0.493 e. The van der Waals surface area contributed by atoms with Gasteiger partial charge in [-0.15, -0.1) is 0 Å². The number of ether oxygens (including phenoxy) is 2. The Morgan fingerprint density at radius 3 is 2.58 bits per heavy atom. The van der Waals surface area contributed by atoms with E-state index in [9.17, 15) is 14.4 Å². The van der Waals surface area contributed by atoms with Crippen LogP contribution in [0.15, 0.2) is 51.7 Å². The van der Waals surface area contributed by atoms with Crippen molar-refractivity contribution in [1.29, 1.82) is 0 Å². The summed E-state index contributed by atoms with van der Waals surface area (Å²) in [5.41, 5.74) is 3.47. The number of carbonyl (C=O) groups excluding carboxylic acids is 2. The molecule has 0 saturated heterocycles. The van der Waals surface area contributed by atoms with Gasteiger partial charge in [-0.2, -0.15) is 0 Å². The van der Waals surface area contributed by atoms with Crippen molar-refractivity contribution in [2.75, 3.05) is 13.2 Å². The summed E-state index contributed by atoms with van der Waals surface area (Å²) in [6.45, 7) is 2.09. The van der Waals surface area contributed by atoms with Crippen LogP contribution in [0.4, 0.5) is 0 Å². The molecule has 0 saturated carbocycles. The quantitative estimate of drug-likeness (QED) is 0.407. The van der Waals surface area contributed by atoms with Gasteiger partial charge in [-0.3, -0.25) is 20.4 Å². The first-order valence-electron chi connectivity index (χ1n) is 9.25. The first-order valence-corrected chi connectivity index (χ1v) is 10.0. The first-order chi connectivity index (χ1) is 14.9. The lowest BCUT2D eigenvalue weighted by Crippen LogP contribution is -2.45. The highest BCUT2D eigenvalue weighted by molar-refractivity contribution is 6.35. The maximum atomic E-state index is 12.3. The summed E-state index contributed by atoms with van der Waals surface area (Å²) in [5, 5.41) is 1.19. The van der Waals surface area contributed by atoms with E-state index in [1.54, 1.807) is 24.3 Å². The highest BCUT2D eigenvalue weighted by Crippen LogP contribution is 2.27. The molecular formula is C21H18Cl2N2O6. The fraction of sp³-hybridized carbons (Fsp3) is 0.190. The number of hydrogen-bond donors (Lipinski definition) is 2. The Hall–Kier alpha value is -3.23. The van der Waals surface area contributed by atoms with Crippen LogP contribution in [-0.2, 0) is 4.79 Å². The smallest absolute Gasteiger partial charge is 0.349 e. The van der Waals surface area contributed by atoms with Gasteiger partial charge < -0.3 is 13.9 Å². The topological polar surface area (TPSA) is 107 Å². The molecule has 0 aliphatic heterocycles. The fourth-order valence-electron chi connectivity index (χ4n) is 2.52. The monoisotopic (exact) mass is 464 g/mol. The summed E-state index contributed by atoms with van der Waals surface area (Å²) in [4.78, 5) is 36.4. The number of nitrogens with one attached hydrogen (secondary N) is 2. The van der Waals surface area contributed by atoms with Gasteiger partial charge in [0.15, 0.2) is 6.61 Å².